The molecule has 2 aromatic rings. The predicted molar refractivity (Wildman–Crippen MR) is 122 cm³/mol. The van der Waals surface area contributed by atoms with Crippen LogP contribution < -0.4 is 4.43 Å². The quantitative estimate of drug-likeness (QED) is 0.253. The molecule has 0 aliphatic rings. The second-order valence-corrected chi connectivity index (χ2v) is 14.7. The summed E-state index contributed by atoms with van der Waals surface area (Å²) in [5.41, 5.74) is 1.26. The zero-order valence-corrected chi connectivity index (χ0v) is 20.0. The van der Waals surface area contributed by atoms with Gasteiger partial charge in [0.1, 0.15) is 5.75 Å². The molecule has 0 heterocycles. The van der Waals surface area contributed by atoms with Gasteiger partial charge in [-0.2, -0.15) is 0 Å². The van der Waals surface area contributed by atoms with Crippen LogP contribution >= 0.6 is 11.8 Å². The SMILES string of the molecule is CC(C)[Si](Oc1ccc(Sc2cc(C(=O)O)ccc2[N+](=O)[O-])cc1)(C(C)C)C(C)C. The Hall–Kier alpha value is -2.32. The molecule has 0 fully saturated rings. The Morgan fingerprint density at radius 3 is 1.97 bits per heavy atom. The zero-order valence-electron chi connectivity index (χ0n) is 18.2. The second kappa shape index (κ2) is 9.66. The lowest BCUT2D eigenvalue weighted by atomic mass is 10.2. The van der Waals surface area contributed by atoms with Crippen LogP contribution in [0.3, 0.4) is 0 Å². The van der Waals surface area contributed by atoms with Gasteiger partial charge in [0.25, 0.3) is 14.0 Å². The summed E-state index contributed by atoms with van der Waals surface area (Å²) in [6.07, 6.45) is 0. The summed E-state index contributed by atoms with van der Waals surface area (Å²) >= 11 is 1.17. The number of nitro groups is 1. The number of carboxylic acids is 1. The average Bonchev–Trinajstić information content (AvgIpc) is 2.66. The Morgan fingerprint density at radius 2 is 1.53 bits per heavy atom. The molecule has 0 atom stereocenters. The van der Waals surface area contributed by atoms with Crippen molar-refractivity contribution < 1.29 is 19.3 Å². The van der Waals surface area contributed by atoms with Crippen LogP contribution in [0.25, 0.3) is 0 Å². The summed E-state index contributed by atoms with van der Waals surface area (Å²) in [7, 11) is -2.07. The molecule has 0 aromatic heterocycles. The maximum absolute atomic E-state index is 11.3. The number of nitrogens with zero attached hydrogens (tertiary/aromatic N) is 1. The standard InChI is InChI=1S/C22H29NO5SSi/c1-14(2)30(15(3)4,16(5)6)28-18-8-10-19(11-9-18)29-21-13-17(22(24)25)7-12-20(21)23(26)27/h7-16H,1-6H3,(H,24,25). The Balaban J connectivity index is 2.32. The average molecular weight is 448 g/mol. The molecule has 2 rings (SSSR count). The molecule has 0 saturated heterocycles. The lowest BCUT2D eigenvalue weighted by molar-refractivity contribution is -0.387. The smallest absolute Gasteiger partial charge is 0.335 e. The van der Waals surface area contributed by atoms with Gasteiger partial charge >= 0.3 is 5.97 Å². The largest absolute Gasteiger partial charge is 0.543 e. The molecule has 0 radical (unpaired) electrons. The van der Waals surface area contributed by atoms with E-state index in [1.807, 2.05) is 24.3 Å². The fourth-order valence-electron chi connectivity index (χ4n) is 4.14. The van der Waals surface area contributed by atoms with E-state index in [1.165, 1.54) is 30.0 Å². The topological polar surface area (TPSA) is 89.7 Å². The van der Waals surface area contributed by atoms with Crippen LogP contribution in [-0.4, -0.2) is 24.3 Å². The summed E-state index contributed by atoms with van der Waals surface area (Å²) < 4.78 is 6.65. The molecule has 0 bridgehead atoms. The van der Waals surface area contributed by atoms with Crippen molar-refractivity contribution in [2.24, 2.45) is 0 Å². The van der Waals surface area contributed by atoms with Gasteiger partial charge in [-0.1, -0.05) is 53.3 Å². The number of rotatable bonds is 9. The summed E-state index contributed by atoms with van der Waals surface area (Å²) in [6.45, 7) is 13.4. The number of nitro benzene ring substituents is 1. The van der Waals surface area contributed by atoms with Crippen LogP contribution in [0.2, 0.25) is 16.6 Å². The van der Waals surface area contributed by atoms with Gasteiger partial charge in [0, 0.05) is 11.0 Å². The van der Waals surface area contributed by atoms with Crippen molar-refractivity contribution in [1.29, 1.82) is 0 Å². The molecule has 6 nitrogen and oxygen atoms in total. The number of hydrogen-bond donors (Lipinski definition) is 1. The molecule has 0 aliphatic heterocycles. The minimum atomic E-state index is -2.07. The second-order valence-electron chi connectivity index (χ2n) is 8.24. The summed E-state index contributed by atoms with van der Waals surface area (Å²) in [5, 5.41) is 20.5. The van der Waals surface area contributed by atoms with Gasteiger partial charge in [0.05, 0.1) is 15.4 Å². The highest BCUT2D eigenvalue weighted by molar-refractivity contribution is 7.99. The Kier molecular flexibility index (Phi) is 7.71. The summed E-state index contributed by atoms with van der Waals surface area (Å²) in [4.78, 5) is 23.1. The minimum Gasteiger partial charge on any atom is -0.543 e. The summed E-state index contributed by atoms with van der Waals surface area (Å²) in [6, 6.07) is 11.3. The van der Waals surface area contributed by atoms with Crippen LogP contribution in [-0.2, 0) is 0 Å². The third-order valence-corrected chi connectivity index (χ3v) is 12.5. The molecule has 2 aromatic carbocycles. The van der Waals surface area contributed by atoms with Crippen molar-refractivity contribution in [1.82, 2.24) is 0 Å². The van der Waals surface area contributed by atoms with E-state index in [9.17, 15) is 20.0 Å². The zero-order chi connectivity index (χ0) is 22.6. The first kappa shape index (κ1) is 24.0. The van der Waals surface area contributed by atoms with Crippen molar-refractivity contribution in [2.75, 3.05) is 0 Å². The molecular formula is C22H29NO5SSi. The highest BCUT2D eigenvalue weighted by atomic mass is 32.2. The highest BCUT2D eigenvalue weighted by Crippen LogP contribution is 2.43. The lowest BCUT2D eigenvalue weighted by Gasteiger charge is -2.42. The normalized spacial score (nSPS) is 11.9. The molecule has 8 heteroatoms. The fourth-order valence-corrected chi connectivity index (χ4v) is 10.4. The monoisotopic (exact) mass is 447 g/mol. The third kappa shape index (κ3) is 5.04. The van der Waals surface area contributed by atoms with Crippen LogP contribution in [0.1, 0.15) is 51.9 Å². The minimum absolute atomic E-state index is 0.0182. The van der Waals surface area contributed by atoms with E-state index in [-0.39, 0.29) is 11.3 Å². The van der Waals surface area contributed by atoms with E-state index in [2.05, 4.69) is 41.5 Å². The molecule has 0 aliphatic carbocycles. The van der Waals surface area contributed by atoms with Gasteiger partial charge in [-0.3, -0.25) is 10.1 Å². The maximum Gasteiger partial charge on any atom is 0.335 e. The van der Waals surface area contributed by atoms with E-state index in [0.29, 0.717) is 21.5 Å². The first-order chi connectivity index (χ1) is 14.0. The molecular weight excluding hydrogens is 418 g/mol. The van der Waals surface area contributed by atoms with Gasteiger partial charge in [-0.25, -0.2) is 4.79 Å². The molecule has 0 saturated carbocycles. The first-order valence-electron chi connectivity index (χ1n) is 9.97. The van der Waals surface area contributed by atoms with Crippen LogP contribution in [0, 0.1) is 10.1 Å². The Bertz CT molecular complexity index is 890. The molecule has 0 spiro atoms. The number of carboxylic acid groups (broad SMARTS) is 1. The lowest BCUT2D eigenvalue weighted by Crippen LogP contribution is -2.50. The van der Waals surface area contributed by atoms with E-state index < -0.39 is 19.2 Å². The van der Waals surface area contributed by atoms with Gasteiger partial charge in [0.15, 0.2) is 0 Å². The van der Waals surface area contributed by atoms with Crippen molar-refractivity contribution in [3.8, 4) is 5.75 Å². The van der Waals surface area contributed by atoms with E-state index in [4.69, 9.17) is 4.43 Å². The predicted octanol–water partition coefficient (Wildman–Crippen LogP) is 7.00. The Morgan fingerprint density at radius 1 is 1.00 bits per heavy atom. The van der Waals surface area contributed by atoms with Crippen molar-refractivity contribution in [3.63, 3.8) is 0 Å². The Labute approximate surface area is 182 Å². The molecule has 30 heavy (non-hydrogen) atoms. The third-order valence-electron chi connectivity index (χ3n) is 5.46. The van der Waals surface area contributed by atoms with Crippen molar-refractivity contribution in [2.45, 2.75) is 68.0 Å². The molecule has 162 valence electrons. The van der Waals surface area contributed by atoms with Crippen molar-refractivity contribution in [3.05, 3.63) is 58.1 Å². The van der Waals surface area contributed by atoms with E-state index >= 15 is 0 Å². The number of aromatic carboxylic acids is 1. The summed E-state index contributed by atoms with van der Waals surface area (Å²) in [5.74, 6) is -0.316. The molecule has 0 amide bonds. The fraction of sp³-hybridized carbons (Fsp3) is 0.409. The highest BCUT2D eigenvalue weighted by Gasteiger charge is 2.46. The van der Waals surface area contributed by atoms with Crippen LogP contribution in [0.15, 0.2) is 52.3 Å². The van der Waals surface area contributed by atoms with Gasteiger partial charge in [0.2, 0.25) is 0 Å². The molecule has 1 N–H and O–H groups in total. The van der Waals surface area contributed by atoms with Gasteiger partial charge in [-0.05, 0) is 53.0 Å². The number of benzene rings is 2. The van der Waals surface area contributed by atoms with Crippen LogP contribution in [0.4, 0.5) is 5.69 Å². The number of carbonyl (C=O) groups is 1. The van der Waals surface area contributed by atoms with E-state index in [1.54, 1.807) is 0 Å². The maximum atomic E-state index is 11.3. The number of hydrogen-bond acceptors (Lipinski definition) is 5. The first-order valence-corrected chi connectivity index (χ1v) is 12.9. The van der Waals surface area contributed by atoms with Gasteiger partial charge < -0.3 is 9.53 Å². The van der Waals surface area contributed by atoms with Crippen LogP contribution in [0.5, 0.6) is 5.75 Å². The van der Waals surface area contributed by atoms with E-state index in [0.717, 1.165) is 10.6 Å². The van der Waals surface area contributed by atoms with Crippen molar-refractivity contribution >= 4 is 31.7 Å². The van der Waals surface area contributed by atoms with Gasteiger partial charge in [-0.15, -0.1) is 0 Å². The molecule has 0 unspecified atom stereocenters.